The Kier molecular flexibility index (Phi) is 5.19. The molecule has 0 aliphatic heterocycles. The van der Waals surface area contributed by atoms with Gasteiger partial charge in [0.05, 0.1) is 5.69 Å². The summed E-state index contributed by atoms with van der Waals surface area (Å²) in [4.78, 5) is 24.5. The van der Waals surface area contributed by atoms with Crippen molar-refractivity contribution in [1.29, 1.82) is 5.26 Å². The summed E-state index contributed by atoms with van der Waals surface area (Å²) in [7, 11) is 0. The fraction of sp³-hybridized carbons (Fsp3) is 0.647. The number of aromatic nitrogens is 2. The predicted molar refractivity (Wildman–Crippen MR) is 86.8 cm³/mol. The maximum absolute atomic E-state index is 12.3. The second kappa shape index (κ2) is 6.95. The average Bonchev–Trinajstić information content (AvgIpc) is 2.50. The van der Waals surface area contributed by atoms with E-state index in [0.29, 0.717) is 23.1 Å². The highest BCUT2D eigenvalue weighted by Gasteiger charge is 2.28. The molecule has 0 spiro atoms. The maximum Gasteiger partial charge on any atom is 0.285 e. The van der Waals surface area contributed by atoms with Gasteiger partial charge in [0.2, 0.25) is 5.91 Å². The van der Waals surface area contributed by atoms with E-state index in [4.69, 9.17) is 5.26 Å². The minimum atomic E-state index is -0.504. The van der Waals surface area contributed by atoms with Crippen LogP contribution in [0, 0.1) is 37.0 Å². The molecule has 0 aromatic carbocycles. The van der Waals surface area contributed by atoms with Gasteiger partial charge in [-0.2, -0.15) is 10.4 Å². The minimum absolute atomic E-state index is 0.0601. The fourth-order valence-electron chi connectivity index (χ4n) is 3.18. The quantitative estimate of drug-likeness (QED) is 0.919. The smallest absolute Gasteiger partial charge is 0.285 e. The zero-order valence-corrected chi connectivity index (χ0v) is 14.2. The number of nitriles is 1. The number of carbonyl (C=O) groups is 1. The van der Waals surface area contributed by atoms with Crippen molar-refractivity contribution in [2.45, 2.75) is 59.5 Å². The monoisotopic (exact) mass is 316 g/mol. The first-order valence-corrected chi connectivity index (χ1v) is 8.13. The standard InChI is InChI=1S/C17H24N4O2/c1-10-6-5-7-15(11(10)2)19-16(22)9-21-17(23)14(8-18)12(3)13(4)20-21/h10-11,15H,5-7,9H2,1-4H3,(H,19,22)/t10-,11+,15+/m1/s1. The maximum atomic E-state index is 12.3. The van der Waals surface area contributed by atoms with E-state index in [2.05, 4.69) is 24.3 Å². The summed E-state index contributed by atoms with van der Waals surface area (Å²) in [5.41, 5.74) is 0.721. The number of hydrogen-bond acceptors (Lipinski definition) is 4. The molecule has 1 aliphatic rings. The Morgan fingerprint density at radius 2 is 2.09 bits per heavy atom. The Bertz CT molecular complexity index is 702. The van der Waals surface area contributed by atoms with E-state index in [9.17, 15) is 9.59 Å². The minimum Gasteiger partial charge on any atom is -0.351 e. The molecule has 1 saturated carbocycles. The number of nitrogens with zero attached hydrogens (tertiary/aromatic N) is 3. The lowest BCUT2D eigenvalue weighted by Gasteiger charge is -2.34. The molecule has 124 valence electrons. The van der Waals surface area contributed by atoms with Gasteiger partial charge in [0.15, 0.2) is 0 Å². The molecule has 2 rings (SSSR count). The highest BCUT2D eigenvalue weighted by Crippen LogP contribution is 2.29. The molecule has 1 amide bonds. The van der Waals surface area contributed by atoms with Crippen molar-refractivity contribution >= 4 is 5.91 Å². The number of rotatable bonds is 3. The van der Waals surface area contributed by atoms with E-state index in [1.807, 2.05) is 6.07 Å². The Morgan fingerprint density at radius 1 is 1.39 bits per heavy atom. The molecule has 1 N–H and O–H groups in total. The summed E-state index contributed by atoms with van der Waals surface area (Å²) in [6, 6.07) is 2.05. The van der Waals surface area contributed by atoms with Crippen LogP contribution in [0.25, 0.3) is 0 Å². The topological polar surface area (TPSA) is 87.8 Å². The predicted octanol–water partition coefficient (Wildman–Crippen LogP) is 1.67. The molecule has 1 aromatic heterocycles. The van der Waals surface area contributed by atoms with Crippen LogP contribution in [0.1, 0.15) is 49.9 Å². The van der Waals surface area contributed by atoms with Crippen LogP contribution in [0.2, 0.25) is 0 Å². The Hall–Kier alpha value is -2.16. The van der Waals surface area contributed by atoms with Gasteiger partial charge in [0.1, 0.15) is 18.2 Å². The van der Waals surface area contributed by atoms with Crippen LogP contribution in [0.15, 0.2) is 4.79 Å². The van der Waals surface area contributed by atoms with Gasteiger partial charge in [-0.1, -0.05) is 26.7 Å². The molecular formula is C17H24N4O2. The number of hydrogen-bond donors (Lipinski definition) is 1. The van der Waals surface area contributed by atoms with Crippen molar-refractivity contribution in [1.82, 2.24) is 15.1 Å². The van der Waals surface area contributed by atoms with Crippen LogP contribution >= 0.6 is 0 Å². The van der Waals surface area contributed by atoms with Gasteiger partial charge >= 0.3 is 0 Å². The molecule has 1 aliphatic carbocycles. The molecule has 0 radical (unpaired) electrons. The Labute approximate surface area is 136 Å². The summed E-state index contributed by atoms with van der Waals surface area (Å²) >= 11 is 0. The Balaban J connectivity index is 2.14. The summed E-state index contributed by atoms with van der Waals surface area (Å²) in [5.74, 6) is 0.784. The second-order valence-electron chi connectivity index (χ2n) is 6.60. The third-order valence-electron chi connectivity index (χ3n) is 5.10. The van der Waals surface area contributed by atoms with E-state index in [1.165, 1.54) is 6.42 Å². The largest absolute Gasteiger partial charge is 0.351 e. The third kappa shape index (κ3) is 3.61. The Morgan fingerprint density at radius 3 is 2.74 bits per heavy atom. The molecule has 6 nitrogen and oxygen atoms in total. The van der Waals surface area contributed by atoms with Crippen LogP contribution in [0.3, 0.4) is 0 Å². The van der Waals surface area contributed by atoms with Crippen LogP contribution in [-0.2, 0) is 11.3 Å². The molecule has 0 unspecified atom stereocenters. The number of amides is 1. The van der Waals surface area contributed by atoms with Crippen molar-refractivity contribution in [3.8, 4) is 6.07 Å². The lowest BCUT2D eigenvalue weighted by Crippen LogP contribution is -2.46. The second-order valence-corrected chi connectivity index (χ2v) is 6.60. The molecule has 0 saturated heterocycles. The van der Waals surface area contributed by atoms with Crippen molar-refractivity contribution in [3.63, 3.8) is 0 Å². The van der Waals surface area contributed by atoms with Gasteiger partial charge in [-0.15, -0.1) is 0 Å². The van der Waals surface area contributed by atoms with E-state index >= 15 is 0 Å². The highest BCUT2D eigenvalue weighted by molar-refractivity contribution is 5.76. The summed E-state index contributed by atoms with van der Waals surface area (Å²) < 4.78 is 1.09. The summed E-state index contributed by atoms with van der Waals surface area (Å²) in [6.45, 7) is 7.64. The van der Waals surface area contributed by atoms with E-state index in [0.717, 1.165) is 17.5 Å². The SMILES string of the molecule is Cc1nn(CC(=O)N[C@H]2CCC[C@@H](C)[C@@H]2C)c(=O)c(C#N)c1C. The highest BCUT2D eigenvalue weighted by atomic mass is 16.2. The van der Waals surface area contributed by atoms with E-state index < -0.39 is 5.56 Å². The van der Waals surface area contributed by atoms with Gasteiger partial charge < -0.3 is 5.32 Å². The average molecular weight is 316 g/mol. The van der Waals surface area contributed by atoms with E-state index in [1.54, 1.807) is 13.8 Å². The zero-order valence-electron chi connectivity index (χ0n) is 14.2. The van der Waals surface area contributed by atoms with Crippen LogP contribution in [-0.4, -0.2) is 21.7 Å². The van der Waals surface area contributed by atoms with Gasteiger partial charge in [-0.25, -0.2) is 4.68 Å². The summed E-state index contributed by atoms with van der Waals surface area (Å²) in [5, 5.41) is 16.3. The van der Waals surface area contributed by atoms with Gasteiger partial charge in [-0.05, 0) is 37.7 Å². The first-order valence-electron chi connectivity index (χ1n) is 8.13. The summed E-state index contributed by atoms with van der Waals surface area (Å²) in [6.07, 6.45) is 3.27. The van der Waals surface area contributed by atoms with Crippen LogP contribution in [0.5, 0.6) is 0 Å². The number of aryl methyl sites for hydroxylation is 1. The van der Waals surface area contributed by atoms with Gasteiger partial charge in [0.25, 0.3) is 5.56 Å². The molecular weight excluding hydrogens is 292 g/mol. The molecule has 3 atom stereocenters. The normalized spacial score (nSPS) is 24.0. The lowest BCUT2D eigenvalue weighted by atomic mass is 9.78. The number of nitrogens with one attached hydrogen (secondary N) is 1. The molecule has 1 aromatic rings. The first kappa shape index (κ1) is 17.2. The van der Waals surface area contributed by atoms with Crippen molar-refractivity contribution in [3.05, 3.63) is 27.2 Å². The molecule has 6 heteroatoms. The van der Waals surface area contributed by atoms with Crippen molar-refractivity contribution in [2.24, 2.45) is 11.8 Å². The van der Waals surface area contributed by atoms with E-state index in [-0.39, 0.29) is 24.1 Å². The van der Waals surface area contributed by atoms with Crippen molar-refractivity contribution in [2.75, 3.05) is 0 Å². The van der Waals surface area contributed by atoms with Gasteiger partial charge in [0, 0.05) is 6.04 Å². The third-order valence-corrected chi connectivity index (χ3v) is 5.10. The van der Waals surface area contributed by atoms with Crippen molar-refractivity contribution < 1.29 is 4.79 Å². The lowest BCUT2D eigenvalue weighted by molar-refractivity contribution is -0.123. The molecule has 1 fully saturated rings. The van der Waals surface area contributed by atoms with Gasteiger partial charge in [-0.3, -0.25) is 9.59 Å². The van der Waals surface area contributed by atoms with Crippen LogP contribution in [0.4, 0.5) is 0 Å². The molecule has 1 heterocycles. The fourth-order valence-corrected chi connectivity index (χ4v) is 3.18. The molecule has 23 heavy (non-hydrogen) atoms. The number of carbonyl (C=O) groups excluding carboxylic acids is 1. The molecule has 0 bridgehead atoms. The van der Waals surface area contributed by atoms with Crippen LogP contribution < -0.4 is 10.9 Å². The zero-order chi connectivity index (χ0) is 17.1. The first-order chi connectivity index (χ1) is 10.8.